The van der Waals surface area contributed by atoms with Crippen molar-refractivity contribution in [3.8, 4) is 5.75 Å². The number of hydrogen-bond acceptors (Lipinski definition) is 4. The molecule has 0 aliphatic carbocycles. The molecule has 0 saturated carbocycles. The lowest BCUT2D eigenvalue weighted by Gasteiger charge is -2.05. The van der Waals surface area contributed by atoms with Crippen LogP contribution in [0.3, 0.4) is 0 Å². The number of alkyl halides is 2. The summed E-state index contributed by atoms with van der Waals surface area (Å²) in [5.41, 5.74) is -0.515. The molecule has 0 unspecified atom stereocenters. The Morgan fingerprint density at radius 2 is 2.20 bits per heavy atom. The van der Waals surface area contributed by atoms with Crippen LogP contribution in [0.4, 0.5) is 14.6 Å². The van der Waals surface area contributed by atoms with Gasteiger partial charge < -0.3 is 14.9 Å². The maximum atomic E-state index is 12.4. The first kappa shape index (κ1) is 11.3. The number of hydrogen-bond donors (Lipinski definition) is 0. The smallest absolute Gasteiger partial charge is 0.367 e. The van der Waals surface area contributed by atoms with Crippen LogP contribution in [0.1, 0.15) is 17.7 Å². The van der Waals surface area contributed by atoms with Crippen molar-refractivity contribution in [3.63, 3.8) is 0 Å². The number of pyridine rings is 1. The lowest BCUT2D eigenvalue weighted by molar-refractivity contribution is -0.389. The van der Waals surface area contributed by atoms with Crippen LogP contribution in [0, 0.1) is 17.0 Å². The van der Waals surface area contributed by atoms with E-state index in [0.717, 1.165) is 6.07 Å². The average Bonchev–Trinajstić information content (AvgIpc) is 2.17. The van der Waals surface area contributed by atoms with Crippen LogP contribution in [0.5, 0.6) is 5.75 Å². The molecule has 0 N–H and O–H groups in total. The summed E-state index contributed by atoms with van der Waals surface area (Å²) in [4.78, 5) is 12.8. The molecule has 0 spiro atoms. The van der Waals surface area contributed by atoms with Crippen molar-refractivity contribution in [2.75, 3.05) is 7.11 Å². The minimum absolute atomic E-state index is 0.0343. The summed E-state index contributed by atoms with van der Waals surface area (Å²) in [7, 11) is 1.25. The van der Waals surface area contributed by atoms with E-state index in [0.29, 0.717) is 0 Å². The van der Waals surface area contributed by atoms with Crippen LogP contribution in [0.2, 0.25) is 0 Å². The lowest BCUT2D eigenvalue weighted by Crippen LogP contribution is -2.02. The van der Waals surface area contributed by atoms with Crippen LogP contribution < -0.4 is 4.74 Å². The maximum absolute atomic E-state index is 12.4. The number of halogens is 2. The van der Waals surface area contributed by atoms with Crippen LogP contribution in [-0.2, 0) is 0 Å². The second-order valence-electron chi connectivity index (χ2n) is 2.75. The van der Waals surface area contributed by atoms with E-state index in [1.54, 1.807) is 0 Å². The summed E-state index contributed by atoms with van der Waals surface area (Å²) in [5, 5.41) is 10.4. The van der Waals surface area contributed by atoms with Crippen LogP contribution >= 0.6 is 0 Å². The fourth-order valence-corrected chi connectivity index (χ4v) is 1.11. The fraction of sp³-hybridized carbons (Fsp3) is 0.375. The predicted octanol–water partition coefficient (Wildman–Crippen LogP) is 2.24. The first-order valence-electron chi connectivity index (χ1n) is 3.95. The molecule has 1 aromatic rings. The van der Waals surface area contributed by atoms with Crippen LogP contribution in [0.15, 0.2) is 6.07 Å². The van der Waals surface area contributed by atoms with E-state index in [1.807, 2.05) is 0 Å². The molecule has 1 rings (SSSR count). The van der Waals surface area contributed by atoms with Crippen molar-refractivity contribution in [2.24, 2.45) is 0 Å². The van der Waals surface area contributed by atoms with Gasteiger partial charge in [-0.3, -0.25) is 0 Å². The highest BCUT2D eigenvalue weighted by molar-refractivity contribution is 5.42. The minimum Gasteiger partial charge on any atom is -0.496 e. The van der Waals surface area contributed by atoms with Crippen LogP contribution in [0.25, 0.3) is 0 Å². The second kappa shape index (κ2) is 4.16. The second-order valence-corrected chi connectivity index (χ2v) is 2.75. The third kappa shape index (κ3) is 2.17. The summed E-state index contributed by atoms with van der Waals surface area (Å²) in [5.74, 6) is -0.611. The summed E-state index contributed by atoms with van der Waals surface area (Å²) in [6.45, 7) is 1.37. The molecule has 1 heterocycles. The molecule has 0 radical (unpaired) electrons. The summed E-state index contributed by atoms with van der Waals surface area (Å²) >= 11 is 0. The first-order chi connectivity index (χ1) is 6.97. The molecule has 0 saturated heterocycles. The zero-order valence-electron chi connectivity index (χ0n) is 8.03. The highest BCUT2D eigenvalue weighted by Crippen LogP contribution is 2.30. The van der Waals surface area contributed by atoms with Crippen molar-refractivity contribution in [3.05, 3.63) is 27.4 Å². The van der Waals surface area contributed by atoms with Gasteiger partial charge in [-0.05, 0) is 16.8 Å². The normalized spacial score (nSPS) is 10.5. The Balaban J connectivity index is 3.38. The Bertz CT molecular complexity index is 396. The van der Waals surface area contributed by atoms with Gasteiger partial charge in [0.1, 0.15) is 5.75 Å². The monoisotopic (exact) mass is 218 g/mol. The topological polar surface area (TPSA) is 65.3 Å². The van der Waals surface area contributed by atoms with Crippen LogP contribution in [-0.4, -0.2) is 17.0 Å². The molecular weight excluding hydrogens is 210 g/mol. The average molecular weight is 218 g/mol. The Morgan fingerprint density at radius 3 is 2.60 bits per heavy atom. The molecule has 5 nitrogen and oxygen atoms in total. The van der Waals surface area contributed by atoms with Crippen molar-refractivity contribution in [2.45, 2.75) is 13.3 Å². The third-order valence-electron chi connectivity index (χ3n) is 1.86. The van der Waals surface area contributed by atoms with Gasteiger partial charge in [0, 0.05) is 5.56 Å². The highest BCUT2D eigenvalue weighted by Gasteiger charge is 2.25. The minimum atomic E-state index is -2.86. The van der Waals surface area contributed by atoms with Gasteiger partial charge in [0.15, 0.2) is 0 Å². The van der Waals surface area contributed by atoms with Gasteiger partial charge in [0.2, 0.25) is 5.69 Å². The SMILES string of the molecule is COc1cc([N+](=O)[O-])nc(C(F)F)c1C. The van der Waals surface area contributed by atoms with Gasteiger partial charge in [-0.2, -0.15) is 0 Å². The number of ether oxygens (including phenoxy) is 1. The molecule has 1 aromatic heterocycles. The van der Waals surface area contributed by atoms with E-state index in [-0.39, 0.29) is 11.3 Å². The van der Waals surface area contributed by atoms with Crippen molar-refractivity contribution in [1.82, 2.24) is 4.98 Å². The fourth-order valence-electron chi connectivity index (χ4n) is 1.11. The Morgan fingerprint density at radius 1 is 1.60 bits per heavy atom. The molecular formula is C8H8F2N2O3. The quantitative estimate of drug-likeness (QED) is 0.576. The van der Waals surface area contributed by atoms with E-state index >= 15 is 0 Å². The van der Waals surface area contributed by atoms with E-state index in [4.69, 9.17) is 4.74 Å². The molecule has 0 amide bonds. The third-order valence-corrected chi connectivity index (χ3v) is 1.86. The molecule has 0 atom stereocenters. The Hall–Kier alpha value is -1.79. The highest BCUT2D eigenvalue weighted by atomic mass is 19.3. The van der Waals surface area contributed by atoms with Gasteiger partial charge in [0.25, 0.3) is 0 Å². The number of nitro groups is 1. The number of rotatable bonds is 3. The molecule has 0 aliphatic heterocycles. The van der Waals surface area contributed by atoms with Crippen molar-refractivity contribution in [1.29, 1.82) is 0 Å². The number of nitrogens with zero attached hydrogens (tertiary/aromatic N) is 2. The zero-order chi connectivity index (χ0) is 11.6. The standard InChI is InChI=1S/C8H8F2N2O3/c1-4-5(15-2)3-6(12(13)14)11-7(4)8(9)10/h3,8H,1-2H3. The first-order valence-corrected chi connectivity index (χ1v) is 3.95. The van der Waals surface area contributed by atoms with Crippen molar-refractivity contribution >= 4 is 5.82 Å². The van der Waals surface area contributed by atoms with E-state index in [9.17, 15) is 18.9 Å². The maximum Gasteiger partial charge on any atom is 0.367 e. The number of aromatic nitrogens is 1. The molecule has 82 valence electrons. The Kier molecular flexibility index (Phi) is 3.13. The van der Waals surface area contributed by atoms with E-state index in [1.165, 1.54) is 14.0 Å². The Labute approximate surface area is 83.8 Å². The molecule has 0 fully saturated rings. The summed E-state index contributed by atoms with van der Waals surface area (Å²) < 4.78 is 29.6. The van der Waals surface area contributed by atoms with E-state index in [2.05, 4.69) is 4.98 Å². The van der Waals surface area contributed by atoms with Gasteiger partial charge in [-0.1, -0.05) is 0 Å². The molecule has 0 bridgehead atoms. The largest absolute Gasteiger partial charge is 0.496 e. The van der Waals surface area contributed by atoms with Gasteiger partial charge >= 0.3 is 12.2 Å². The van der Waals surface area contributed by atoms with Gasteiger partial charge in [-0.25, -0.2) is 8.78 Å². The molecule has 0 aliphatic rings. The zero-order valence-corrected chi connectivity index (χ0v) is 8.03. The van der Waals surface area contributed by atoms with E-state index < -0.39 is 22.9 Å². The molecule has 7 heteroatoms. The molecule has 15 heavy (non-hydrogen) atoms. The molecule has 0 aromatic carbocycles. The predicted molar refractivity (Wildman–Crippen MR) is 47.1 cm³/mol. The van der Waals surface area contributed by atoms with Crippen molar-refractivity contribution < 1.29 is 18.4 Å². The van der Waals surface area contributed by atoms with Gasteiger partial charge in [-0.15, -0.1) is 0 Å². The lowest BCUT2D eigenvalue weighted by atomic mass is 10.2. The van der Waals surface area contributed by atoms with Gasteiger partial charge in [0.05, 0.1) is 13.2 Å². The number of methoxy groups -OCH3 is 1. The summed E-state index contributed by atoms with van der Waals surface area (Å²) in [6, 6.07) is 1.02. The summed E-state index contributed by atoms with van der Waals surface area (Å²) in [6.07, 6.45) is -2.86.